The van der Waals surface area contributed by atoms with Crippen molar-refractivity contribution >= 4 is 5.95 Å². The summed E-state index contributed by atoms with van der Waals surface area (Å²) in [6.07, 6.45) is 1.67. The predicted octanol–water partition coefficient (Wildman–Crippen LogP) is 0.152. The summed E-state index contributed by atoms with van der Waals surface area (Å²) < 4.78 is 0. The lowest BCUT2D eigenvalue weighted by molar-refractivity contribution is 0.998. The van der Waals surface area contributed by atoms with Gasteiger partial charge in [0.2, 0.25) is 5.95 Å². The molecule has 0 aromatic carbocycles. The fourth-order valence-corrected chi connectivity index (χ4v) is 0.969. The summed E-state index contributed by atoms with van der Waals surface area (Å²) >= 11 is 0. The van der Waals surface area contributed by atoms with E-state index < -0.39 is 0 Å². The fraction of sp³-hybridized carbons (Fsp3) is 0.143. The Balaban J connectivity index is 2.46. The number of aromatic amines is 1. The van der Waals surface area contributed by atoms with Crippen molar-refractivity contribution in [2.45, 2.75) is 6.92 Å². The number of aryl methyl sites for hydroxylation is 1. The van der Waals surface area contributed by atoms with Crippen molar-refractivity contribution in [3.63, 3.8) is 0 Å². The molecule has 0 saturated carbocycles. The number of nitrogens with zero attached hydrogens (tertiary/aromatic N) is 4. The van der Waals surface area contributed by atoms with Gasteiger partial charge in [0.15, 0.2) is 5.82 Å². The van der Waals surface area contributed by atoms with Crippen LogP contribution >= 0.6 is 0 Å². The minimum absolute atomic E-state index is 0.207. The first-order valence-corrected chi connectivity index (χ1v) is 3.73. The van der Waals surface area contributed by atoms with E-state index in [1.165, 1.54) is 0 Å². The van der Waals surface area contributed by atoms with Crippen LogP contribution < -0.4 is 5.73 Å². The highest BCUT2D eigenvalue weighted by atomic mass is 15.3. The molecule has 0 amide bonds. The van der Waals surface area contributed by atoms with E-state index in [2.05, 4.69) is 25.4 Å². The number of nitrogen functional groups attached to an aromatic ring is 1. The van der Waals surface area contributed by atoms with Gasteiger partial charge in [0.25, 0.3) is 0 Å². The predicted molar refractivity (Wildman–Crippen MR) is 46.6 cm³/mol. The Morgan fingerprint density at radius 1 is 1.46 bits per heavy atom. The van der Waals surface area contributed by atoms with Crippen LogP contribution in [0.2, 0.25) is 0 Å². The molecule has 66 valence electrons. The molecule has 2 aromatic rings. The monoisotopic (exact) mass is 176 g/mol. The molecule has 2 aromatic heterocycles. The fourth-order valence-electron chi connectivity index (χ4n) is 0.969. The van der Waals surface area contributed by atoms with Crippen molar-refractivity contribution < 1.29 is 0 Å². The van der Waals surface area contributed by atoms with E-state index in [1.807, 2.05) is 13.0 Å². The van der Waals surface area contributed by atoms with Crippen LogP contribution in [-0.2, 0) is 0 Å². The molecule has 0 unspecified atom stereocenters. The summed E-state index contributed by atoms with van der Waals surface area (Å²) in [5.41, 5.74) is 7.01. The van der Waals surface area contributed by atoms with Gasteiger partial charge in [0.05, 0.1) is 6.20 Å². The number of anilines is 1. The van der Waals surface area contributed by atoms with E-state index in [0.29, 0.717) is 11.5 Å². The molecule has 6 heteroatoms. The Morgan fingerprint density at radius 3 is 2.92 bits per heavy atom. The van der Waals surface area contributed by atoms with Gasteiger partial charge in [-0.1, -0.05) is 0 Å². The first-order chi connectivity index (χ1) is 6.25. The van der Waals surface area contributed by atoms with E-state index in [0.717, 1.165) is 5.56 Å². The highest BCUT2D eigenvalue weighted by Crippen LogP contribution is 2.11. The second-order valence-corrected chi connectivity index (χ2v) is 2.66. The van der Waals surface area contributed by atoms with E-state index in [-0.39, 0.29) is 5.95 Å². The zero-order valence-electron chi connectivity index (χ0n) is 7.02. The highest BCUT2D eigenvalue weighted by Gasteiger charge is 2.04. The zero-order valence-corrected chi connectivity index (χ0v) is 7.02. The Labute approximate surface area is 74.2 Å². The van der Waals surface area contributed by atoms with Gasteiger partial charge in [-0.15, -0.1) is 10.2 Å². The molecule has 2 heterocycles. The largest absolute Gasteiger partial charge is 0.366 e. The van der Waals surface area contributed by atoms with E-state index in [9.17, 15) is 0 Å². The van der Waals surface area contributed by atoms with E-state index in [4.69, 9.17) is 5.73 Å². The lowest BCUT2D eigenvalue weighted by Crippen LogP contribution is -1.90. The highest BCUT2D eigenvalue weighted by molar-refractivity contribution is 5.49. The first-order valence-electron chi connectivity index (χ1n) is 3.73. The molecule has 0 bridgehead atoms. The average Bonchev–Trinajstić information content (AvgIpc) is 2.52. The molecule has 6 nitrogen and oxygen atoms in total. The van der Waals surface area contributed by atoms with Crippen molar-refractivity contribution in [1.29, 1.82) is 0 Å². The normalized spacial score (nSPS) is 10.2. The van der Waals surface area contributed by atoms with Crippen molar-refractivity contribution in [2.75, 3.05) is 5.73 Å². The van der Waals surface area contributed by atoms with Gasteiger partial charge in [0, 0.05) is 0 Å². The molecule has 13 heavy (non-hydrogen) atoms. The number of nitrogens with one attached hydrogen (secondary N) is 1. The number of hydrogen-bond acceptors (Lipinski definition) is 5. The third-order valence-electron chi connectivity index (χ3n) is 1.54. The number of H-pyrrole nitrogens is 1. The molecule has 0 saturated heterocycles. The van der Waals surface area contributed by atoms with Gasteiger partial charge in [-0.2, -0.15) is 10.1 Å². The van der Waals surface area contributed by atoms with E-state index >= 15 is 0 Å². The third kappa shape index (κ3) is 1.46. The molecule has 0 aliphatic rings. The van der Waals surface area contributed by atoms with Gasteiger partial charge in [-0.3, -0.25) is 5.10 Å². The molecular formula is C7H8N6. The van der Waals surface area contributed by atoms with Crippen LogP contribution in [0.15, 0.2) is 12.3 Å². The number of nitrogens with two attached hydrogens (primary N) is 1. The van der Waals surface area contributed by atoms with Crippen LogP contribution in [0.1, 0.15) is 5.56 Å². The maximum absolute atomic E-state index is 5.35. The van der Waals surface area contributed by atoms with Crippen molar-refractivity contribution in [3.05, 3.63) is 17.8 Å². The molecule has 0 aliphatic heterocycles. The number of rotatable bonds is 1. The molecule has 0 radical (unpaired) electrons. The van der Waals surface area contributed by atoms with Gasteiger partial charge in [0.1, 0.15) is 5.69 Å². The Kier molecular flexibility index (Phi) is 1.66. The SMILES string of the molecule is Cc1cnnc(-c2nc(N)n[nH]2)c1. The van der Waals surface area contributed by atoms with Crippen LogP contribution in [0.5, 0.6) is 0 Å². The molecule has 3 N–H and O–H groups in total. The first kappa shape index (κ1) is 7.66. The summed E-state index contributed by atoms with van der Waals surface area (Å²) in [6, 6.07) is 1.85. The maximum Gasteiger partial charge on any atom is 0.239 e. The van der Waals surface area contributed by atoms with Crippen LogP contribution in [0.4, 0.5) is 5.95 Å². The number of hydrogen-bond donors (Lipinski definition) is 2. The quantitative estimate of drug-likeness (QED) is 0.645. The summed E-state index contributed by atoms with van der Waals surface area (Å²) in [5.74, 6) is 0.743. The second kappa shape index (κ2) is 2.81. The van der Waals surface area contributed by atoms with Crippen LogP contribution in [0, 0.1) is 6.92 Å². The maximum atomic E-state index is 5.35. The zero-order chi connectivity index (χ0) is 9.26. The topological polar surface area (TPSA) is 93.4 Å². The summed E-state index contributed by atoms with van der Waals surface area (Å²) in [7, 11) is 0. The van der Waals surface area contributed by atoms with Gasteiger partial charge in [-0.05, 0) is 18.6 Å². The molecule has 0 atom stereocenters. The van der Waals surface area contributed by atoms with Gasteiger partial charge < -0.3 is 5.73 Å². The van der Waals surface area contributed by atoms with Crippen LogP contribution in [0.3, 0.4) is 0 Å². The number of aromatic nitrogens is 5. The summed E-state index contributed by atoms with van der Waals surface area (Å²) in [5, 5.41) is 14.0. The Bertz CT molecular complexity index is 420. The minimum atomic E-state index is 0.207. The third-order valence-corrected chi connectivity index (χ3v) is 1.54. The van der Waals surface area contributed by atoms with Crippen molar-refractivity contribution in [3.8, 4) is 11.5 Å². The van der Waals surface area contributed by atoms with E-state index in [1.54, 1.807) is 6.20 Å². The van der Waals surface area contributed by atoms with Crippen molar-refractivity contribution in [1.82, 2.24) is 25.4 Å². The van der Waals surface area contributed by atoms with Gasteiger partial charge >= 0.3 is 0 Å². The molecule has 0 fully saturated rings. The molecule has 0 spiro atoms. The standard InChI is InChI=1S/C7H8N6/c1-4-2-5(11-9-3-4)6-10-7(8)13-12-6/h2-3H,1H3,(H3,8,10,12,13). The lowest BCUT2D eigenvalue weighted by atomic mass is 10.3. The smallest absolute Gasteiger partial charge is 0.239 e. The summed E-state index contributed by atoms with van der Waals surface area (Å²) in [6.45, 7) is 1.93. The van der Waals surface area contributed by atoms with Gasteiger partial charge in [-0.25, -0.2) is 0 Å². The molecule has 2 rings (SSSR count). The van der Waals surface area contributed by atoms with Crippen LogP contribution in [-0.4, -0.2) is 25.4 Å². The Morgan fingerprint density at radius 2 is 2.31 bits per heavy atom. The summed E-state index contributed by atoms with van der Waals surface area (Å²) in [4.78, 5) is 3.93. The average molecular weight is 176 g/mol. The minimum Gasteiger partial charge on any atom is -0.366 e. The molecule has 0 aliphatic carbocycles. The lowest BCUT2D eigenvalue weighted by Gasteiger charge is -1.93. The Hall–Kier alpha value is -1.98. The van der Waals surface area contributed by atoms with Crippen molar-refractivity contribution in [2.24, 2.45) is 0 Å². The molecular weight excluding hydrogens is 168 g/mol. The van der Waals surface area contributed by atoms with Crippen LogP contribution in [0.25, 0.3) is 11.5 Å². The second-order valence-electron chi connectivity index (χ2n) is 2.66.